The van der Waals surface area contributed by atoms with Gasteiger partial charge in [0.15, 0.2) is 0 Å². The minimum absolute atomic E-state index is 0.107. The quantitative estimate of drug-likeness (QED) is 0.827. The summed E-state index contributed by atoms with van der Waals surface area (Å²) in [5.41, 5.74) is 1.08. The van der Waals surface area contributed by atoms with Gasteiger partial charge in [-0.2, -0.15) is 0 Å². The van der Waals surface area contributed by atoms with Crippen LogP contribution < -0.4 is 10.1 Å². The molecular formula is C21H31N3O3. The molecule has 2 saturated heterocycles. The zero-order chi connectivity index (χ0) is 19.2. The molecule has 0 saturated carbocycles. The fourth-order valence-electron chi connectivity index (χ4n) is 4.07. The van der Waals surface area contributed by atoms with E-state index in [0.717, 1.165) is 56.8 Å². The van der Waals surface area contributed by atoms with E-state index in [1.54, 1.807) is 7.11 Å². The smallest absolute Gasteiger partial charge is 0.223 e. The molecule has 1 atom stereocenters. The van der Waals surface area contributed by atoms with E-state index in [1.807, 2.05) is 36.2 Å². The zero-order valence-corrected chi connectivity index (χ0v) is 16.4. The SMILES string of the molecule is COc1ccc(CNC(=O)C2CCN(CC3CCC(=O)N(C)C3)CC2)cc1. The van der Waals surface area contributed by atoms with Crippen LogP contribution >= 0.6 is 0 Å². The third-order valence-corrected chi connectivity index (χ3v) is 5.82. The van der Waals surface area contributed by atoms with Crippen LogP contribution in [0, 0.1) is 11.8 Å². The Hall–Kier alpha value is -2.08. The Labute approximate surface area is 161 Å². The van der Waals surface area contributed by atoms with Crippen LogP contribution in [0.15, 0.2) is 24.3 Å². The second-order valence-electron chi connectivity index (χ2n) is 7.82. The largest absolute Gasteiger partial charge is 0.497 e. The fourth-order valence-corrected chi connectivity index (χ4v) is 4.07. The number of rotatable bonds is 6. The number of hydrogen-bond acceptors (Lipinski definition) is 4. The summed E-state index contributed by atoms with van der Waals surface area (Å²) < 4.78 is 5.15. The van der Waals surface area contributed by atoms with Crippen LogP contribution in [-0.4, -0.2) is 62.0 Å². The highest BCUT2D eigenvalue weighted by Gasteiger charge is 2.28. The number of nitrogens with zero attached hydrogens (tertiary/aromatic N) is 2. The van der Waals surface area contributed by atoms with Crippen molar-refractivity contribution in [3.63, 3.8) is 0 Å². The lowest BCUT2D eigenvalue weighted by atomic mass is 9.93. The van der Waals surface area contributed by atoms with E-state index in [4.69, 9.17) is 4.74 Å². The molecule has 1 unspecified atom stereocenters. The van der Waals surface area contributed by atoms with Gasteiger partial charge in [-0.25, -0.2) is 0 Å². The number of carbonyl (C=O) groups is 2. The van der Waals surface area contributed by atoms with Gasteiger partial charge in [0.2, 0.25) is 11.8 Å². The molecule has 0 radical (unpaired) electrons. The molecule has 27 heavy (non-hydrogen) atoms. The third-order valence-electron chi connectivity index (χ3n) is 5.82. The minimum atomic E-state index is 0.107. The molecule has 1 aromatic rings. The molecule has 0 bridgehead atoms. The first-order valence-electron chi connectivity index (χ1n) is 9.92. The van der Waals surface area contributed by atoms with Crippen LogP contribution in [0.3, 0.4) is 0 Å². The van der Waals surface area contributed by atoms with Gasteiger partial charge in [0.25, 0.3) is 0 Å². The topological polar surface area (TPSA) is 61.9 Å². The first-order valence-corrected chi connectivity index (χ1v) is 9.92. The average Bonchev–Trinajstić information content (AvgIpc) is 2.70. The van der Waals surface area contributed by atoms with E-state index in [2.05, 4.69) is 10.2 Å². The molecule has 3 rings (SSSR count). The van der Waals surface area contributed by atoms with E-state index >= 15 is 0 Å². The average molecular weight is 373 g/mol. The van der Waals surface area contributed by atoms with Crippen LogP contribution in [0.25, 0.3) is 0 Å². The first-order chi connectivity index (χ1) is 13.0. The number of ether oxygens (including phenoxy) is 1. The Bertz CT molecular complexity index is 639. The number of hydrogen-bond donors (Lipinski definition) is 1. The summed E-state index contributed by atoms with van der Waals surface area (Å²) in [6.07, 6.45) is 3.49. The normalized spacial score (nSPS) is 21.9. The van der Waals surface area contributed by atoms with Gasteiger partial charge in [0.1, 0.15) is 5.75 Å². The third kappa shape index (κ3) is 5.45. The Morgan fingerprint density at radius 1 is 1.19 bits per heavy atom. The van der Waals surface area contributed by atoms with E-state index in [0.29, 0.717) is 18.9 Å². The van der Waals surface area contributed by atoms with Gasteiger partial charge >= 0.3 is 0 Å². The summed E-state index contributed by atoms with van der Waals surface area (Å²) in [5.74, 6) is 1.92. The molecule has 2 amide bonds. The maximum Gasteiger partial charge on any atom is 0.223 e. The van der Waals surface area contributed by atoms with Gasteiger partial charge in [-0.15, -0.1) is 0 Å². The van der Waals surface area contributed by atoms with E-state index in [-0.39, 0.29) is 17.7 Å². The van der Waals surface area contributed by atoms with Crippen LogP contribution in [0.4, 0.5) is 0 Å². The van der Waals surface area contributed by atoms with Crippen molar-refractivity contribution in [1.29, 1.82) is 0 Å². The zero-order valence-electron chi connectivity index (χ0n) is 16.4. The molecule has 2 fully saturated rings. The number of benzene rings is 1. The van der Waals surface area contributed by atoms with E-state index in [1.165, 1.54) is 0 Å². The molecule has 0 aromatic heterocycles. The van der Waals surface area contributed by atoms with Gasteiger partial charge in [0.05, 0.1) is 7.11 Å². The number of methoxy groups -OCH3 is 1. The van der Waals surface area contributed by atoms with Crippen LogP contribution in [-0.2, 0) is 16.1 Å². The summed E-state index contributed by atoms with van der Waals surface area (Å²) in [6, 6.07) is 7.79. The minimum Gasteiger partial charge on any atom is -0.497 e. The van der Waals surface area contributed by atoms with Gasteiger partial charge in [-0.05, 0) is 56.0 Å². The fraction of sp³-hybridized carbons (Fsp3) is 0.619. The molecule has 0 spiro atoms. The lowest BCUT2D eigenvalue weighted by Gasteiger charge is -2.36. The van der Waals surface area contributed by atoms with Crippen molar-refractivity contribution < 1.29 is 14.3 Å². The Morgan fingerprint density at radius 3 is 2.52 bits per heavy atom. The number of likely N-dealkylation sites (tertiary alicyclic amines) is 2. The van der Waals surface area contributed by atoms with Crippen molar-refractivity contribution >= 4 is 11.8 Å². The lowest BCUT2D eigenvalue weighted by molar-refractivity contribution is -0.133. The monoisotopic (exact) mass is 373 g/mol. The number of piperidine rings is 2. The maximum atomic E-state index is 12.5. The molecule has 2 aliphatic rings. The summed E-state index contributed by atoms with van der Waals surface area (Å²) in [4.78, 5) is 28.4. The Balaban J connectivity index is 1.38. The van der Waals surface area contributed by atoms with Gasteiger partial charge < -0.3 is 19.9 Å². The van der Waals surface area contributed by atoms with Gasteiger partial charge in [-0.1, -0.05) is 12.1 Å². The Morgan fingerprint density at radius 2 is 1.89 bits per heavy atom. The molecule has 2 aliphatic heterocycles. The standard InChI is InChI=1S/C21H31N3O3/c1-23-14-17(5-8-20(23)25)15-24-11-9-18(10-12-24)21(26)22-13-16-3-6-19(27-2)7-4-16/h3-4,6-7,17-18H,5,8-15H2,1-2H3,(H,22,26). The molecule has 1 aromatic carbocycles. The van der Waals surface area contributed by atoms with Crippen molar-refractivity contribution in [2.45, 2.75) is 32.2 Å². The molecule has 6 nitrogen and oxygen atoms in total. The number of nitrogens with one attached hydrogen (secondary N) is 1. The highest BCUT2D eigenvalue weighted by atomic mass is 16.5. The van der Waals surface area contributed by atoms with E-state index < -0.39 is 0 Å². The van der Waals surface area contributed by atoms with E-state index in [9.17, 15) is 9.59 Å². The molecule has 6 heteroatoms. The van der Waals surface area contributed by atoms with Crippen molar-refractivity contribution in [2.24, 2.45) is 11.8 Å². The summed E-state index contributed by atoms with van der Waals surface area (Å²) in [5, 5.41) is 3.07. The van der Waals surface area contributed by atoms with Gasteiger partial charge in [0, 0.05) is 39.0 Å². The van der Waals surface area contributed by atoms with Crippen LogP contribution in [0.1, 0.15) is 31.2 Å². The summed E-state index contributed by atoms with van der Waals surface area (Å²) in [6.45, 7) is 4.40. The molecule has 0 aliphatic carbocycles. The van der Waals surface area contributed by atoms with Crippen LogP contribution in [0.5, 0.6) is 5.75 Å². The second-order valence-corrected chi connectivity index (χ2v) is 7.82. The van der Waals surface area contributed by atoms with Gasteiger partial charge in [-0.3, -0.25) is 9.59 Å². The van der Waals surface area contributed by atoms with Crippen LogP contribution in [0.2, 0.25) is 0 Å². The molecule has 148 valence electrons. The number of carbonyl (C=O) groups excluding carboxylic acids is 2. The van der Waals surface area contributed by atoms with Crippen molar-refractivity contribution in [3.8, 4) is 5.75 Å². The predicted molar refractivity (Wildman–Crippen MR) is 104 cm³/mol. The Kier molecular flexibility index (Phi) is 6.72. The lowest BCUT2D eigenvalue weighted by Crippen LogP contribution is -2.45. The summed E-state index contributed by atoms with van der Waals surface area (Å²) in [7, 11) is 3.54. The molecular weight excluding hydrogens is 342 g/mol. The van der Waals surface area contributed by atoms with Crippen molar-refractivity contribution in [2.75, 3.05) is 40.3 Å². The highest BCUT2D eigenvalue weighted by Crippen LogP contribution is 2.22. The highest BCUT2D eigenvalue weighted by molar-refractivity contribution is 5.78. The molecule has 2 heterocycles. The number of amides is 2. The second kappa shape index (κ2) is 9.22. The van der Waals surface area contributed by atoms with Crippen molar-refractivity contribution in [1.82, 2.24) is 15.1 Å². The summed E-state index contributed by atoms with van der Waals surface area (Å²) >= 11 is 0. The maximum absolute atomic E-state index is 12.5. The van der Waals surface area contributed by atoms with Crippen molar-refractivity contribution in [3.05, 3.63) is 29.8 Å². The molecule has 1 N–H and O–H groups in total. The first kappa shape index (κ1) is 19.7. The predicted octanol–water partition coefficient (Wildman–Crippen LogP) is 1.89.